The number of hydrogen-bond acceptors (Lipinski definition) is 4. The zero-order chi connectivity index (χ0) is 10.4. The van der Waals surface area contributed by atoms with Gasteiger partial charge in [0.1, 0.15) is 0 Å². The van der Waals surface area contributed by atoms with Crippen LogP contribution >= 0.6 is 11.8 Å². The van der Waals surface area contributed by atoms with Crippen molar-refractivity contribution in [2.45, 2.75) is 5.03 Å². The van der Waals surface area contributed by atoms with E-state index in [1.807, 2.05) is 0 Å². The maximum atomic E-state index is 10.6. The molecule has 0 aliphatic heterocycles. The molecule has 1 heterocycles. The van der Waals surface area contributed by atoms with Crippen LogP contribution in [0.1, 0.15) is 10.4 Å². The van der Waals surface area contributed by atoms with E-state index in [9.17, 15) is 4.79 Å². The highest BCUT2D eigenvalue weighted by Gasteiger charge is 2.03. The highest BCUT2D eigenvalue weighted by atomic mass is 32.2. The average molecular weight is 213 g/mol. The van der Waals surface area contributed by atoms with Gasteiger partial charge >= 0.3 is 5.97 Å². The van der Waals surface area contributed by atoms with Crippen LogP contribution in [0.3, 0.4) is 0 Å². The van der Waals surface area contributed by atoms with E-state index in [0.29, 0.717) is 11.6 Å². The molecule has 0 saturated heterocycles. The van der Waals surface area contributed by atoms with E-state index in [1.54, 1.807) is 13.2 Å². The monoisotopic (exact) mass is 213 g/mol. The molecule has 0 fully saturated rings. The molecule has 14 heavy (non-hydrogen) atoms. The number of carbonyl (C=O) groups is 1. The minimum absolute atomic E-state index is 0.264. The molecule has 0 saturated carbocycles. The SMILES string of the molecule is COCCSc1cc(C(=O)O)ccn1. The van der Waals surface area contributed by atoms with Gasteiger partial charge in [-0.1, -0.05) is 0 Å². The Bertz CT molecular complexity index is 317. The van der Waals surface area contributed by atoms with Gasteiger partial charge in [-0.3, -0.25) is 0 Å². The number of carboxylic acids is 1. The molecule has 1 N–H and O–H groups in total. The van der Waals surface area contributed by atoms with Crippen molar-refractivity contribution in [3.63, 3.8) is 0 Å². The van der Waals surface area contributed by atoms with Crippen LogP contribution < -0.4 is 0 Å². The van der Waals surface area contributed by atoms with Crippen molar-refractivity contribution in [2.24, 2.45) is 0 Å². The molecule has 0 aliphatic rings. The molecule has 1 rings (SSSR count). The number of aromatic nitrogens is 1. The van der Waals surface area contributed by atoms with Gasteiger partial charge in [-0.05, 0) is 12.1 Å². The Morgan fingerprint density at radius 2 is 2.50 bits per heavy atom. The Labute approximate surface area is 86.3 Å². The predicted molar refractivity (Wildman–Crippen MR) is 53.8 cm³/mol. The number of methoxy groups -OCH3 is 1. The van der Waals surface area contributed by atoms with Crippen molar-refractivity contribution in [1.82, 2.24) is 4.98 Å². The van der Waals surface area contributed by atoms with Crippen LogP contribution in [0.2, 0.25) is 0 Å². The van der Waals surface area contributed by atoms with E-state index in [1.165, 1.54) is 24.0 Å². The maximum absolute atomic E-state index is 10.6. The van der Waals surface area contributed by atoms with Crippen molar-refractivity contribution in [1.29, 1.82) is 0 Å². The lowest BCUT2D eigenvalue weighted by Gasteiger charge is -2.00. The summed E-state index contributed by atoms with van der Waals surface area (Å²) in [5.41, 5.74) is 0.264. The molecule has 0 aliphatic carbocycles. The summed E-state index contributed by atoms with van der Waals surface area (Å²) in [5.74, 6) is -0.159. The number of thioether (sulfide) groups is 1. The van der Waals surface area contributed by atoms with Crippen molar-refractivity contribution >= 4 is 17.7 Å². The minimum atomic E-state index is -0.930. The zero-order valence-electron chi connectivity index (χ0n) is 7.77. The molecule has 0 aromatic carbocycles. The third-order valence-electron chi connectivity index (χ3n) is 1.52. The minimum Gasteiger partial charge on any atom is -0.478 e. The molecule has 4 nitrogen and oxygen atoms in total. The number of ether oxygens (including phenoxy) is 1. The Morgan fingerprint density at radius 3 is 3.14 bits per heavy atom. The Morgan fingerprint density at radius 1 is 1.71 bits per heavy atom. The second-order valence-corrected chi connectivity index (χ2v) is 3.64. The third-order valence-corrected chi connectivity index (χ3v) is 2.41. The molecule has 0 bridgehead atoms. The van der Waals surface area contributed by atoms with Gasteiger partial charge < -0.3 is 9.84 Å². The summed E-state index contributed by atoms with van der Waals surface area (Å²) in [4.78, 5) is 14.7. The van der Waals surface area contributed by atoms with Gasteiger partial charge in [0.05, 0.1) is 17.2 Å². The molecule has 0 atom stereocenters. The highest BCUT2D eigenvalue weighted by molar-refractivity contribution is 7.99. The summed E-state index contributed by atoms with van der Waals surface area (Å²) in [5, 5.41) is 9.43. The fourth-order valence-corrected chi connectivity index (χ4v) is 1.66. The van der Waals surface area contributed by atoms with Crippen LogP contribution in [-0.2, 0) is 4.74 Å². The van der Waals surface area contributed by atoms with Crippen LogP contribution in [0, 0.1) is 0 Å². The zero-order valence-corrected chi connectivity index (χ0v) is 8.58. The van der Waals surface area contributed by atoms with Gasteiger partial charge in [-0.2, -0.15) is 0 Å². The first-order valence-corrected chi connectivity index (χ1v) is 5.03. The summed E-state index contributed by atoms with van der Waals surface area (Å²) in [6, 6.07) is 3.03. The van der Waals surface area contributed by atoms with Crippen LogP contribution in [0.15, 0.2) is 23.4 Å². The molecular weight excluding hydrogens is 202 g/mol. The van der Waals surface area contributed by atoms with Crippen LogP contribution in [-0.4, -0.2) is 35.5 Å². The van der Waals surface area contributed by atoms with Crippen molar-refractivity contribution in [3.8, 4) is 0 Å². The highest BCUT2D eigenvalue weighted by Crippen LogP contribution is 2.15. The van der Waals surface area contributed by atoms with E-state index >= 15 is 0 Å². The lowest BCUT2D eigenvalue weighted by molar-refractivity contribution is 0.0696. The second-order valence-electron chi connectivity index (χ2n) is 2.53. The average Bonchev–Trinajstić information content (AvgIpc) is 2.19. The number of rotatable bonds is 5. The third kappa shape index (κ3) is 3.35. The predicted octanol–water partition coefficient (Wildman–Crippen LogP) is 1.52. The number of nitrogens with zero attached hydrogens (tertiary/aromatic N) is 1. The van der Waals surface area contributed by atoms with E-state index < -0.39 is 5.97 Å². The number of pyridine rings is 1. The lowest BCUT2D eigenvalue weighted by Crippen LogP contribution is -1.98. The van der Waals surface area contributed by atoms with Crippen LogP contribution in [0.25, 0.3) is 0 Å². The molecule has 5 heteroatoms. The van der Waals surface area contributed by atoms with Gasteiger partial charge in [0.2, 0.25) is 0 Å². The Hall–Kier alpha value is -1.07. The molecule has 0 spiro atoms. The lowest BCUT2D eigenvalue weighted by atomic mass is 10.3. The molecule has 1 aromatic heterocycles. The maximum Gasteiger partial charge on any atom is 0.335 e. The second kappa shape index (κ2) is 5.62. The number of aromatic carboxylic acids is 1. The van der Waals surface area contributed by atoms with Crippen molar-refractivity contribution in [2.75, 3.05) is 19.5 Å². The summed E-state index contributed by atoms with van der Waals surface area (Å²) in [6.45, 7) is 0.629. The van der Waals surface area contributed by atoms with Gasteiger partial charge in [0, 0.05) is 19.1 Å². The Kier molecular flexibility index (Phi) is 4.42. The fourth-order valence-electron chi connectivity index (χ4n) is 0.851. The molecule has 0 amide bonds. The van der Waals surface area contributed by atoms with Gasteiger partial charge in [0.25, 0.3) is 0 Å². The van der Waals surface area contributed by atoms with E-state index in [4.69, 9.17) is 9.84 Å². The van der Waals surface area contributed by atoms with E-state index in [0.717, 1.165) is 5.75 Å². The Balaban J connectivity index is 2.59. The van der Waals surface area contributed by atoms with E-state index in [2.05, 4.69) is 4.98 Å². The first-order chi connectivity index (χ1) is 6.74. The van der Waals surface area contributed by atoms with Crippen molar-refractivity contribution in [3.05, 3.63) is 23.9 Å². The smallest absolute Gasteiger partial charge is 0.335 e. The summed E-state index contributed by atoms with van der Waals surface area (Å²) < 4.78 is 4.88. The molecule has 76 valence electrons. The van der Waals surface area contributed by atoms with E-state index in [-0.39, 0.29) is 5.56 Å². The first kappa shape index (κ1) is 11.0. The summed E-state index contributed by atoms with van der Waals surface area (Å²) in [6.07, 6.45) is 1.50. The number of hydrogen-bond donors (Lipinski definition) is 1. The molecular formula is C9H11NO3S. The van der Waals surface area contributed by atoms with Crippen LogP contribution in [0.4, 0.5) is 0 Å². The molecule has 0 unspecified atom stereocenters. The van der Waals surface area contributed by atoms with Gasteiger partial charge in [-0.25, -0.2) is 9.78 Å². The van der Waals surface area contributed by atoms with Crippen molar-refractivity contribution < 1.29 is 14.6 Å². The van der Waals surface area contributed by atoms with Gasteiger partial charge in [0.15, 0.2) is 0 Å². The topological polar surface area (TPSA) is 59.4 Å². The quantitative estimate of drug-likeness (QED) is 0.593. The summed E-state index contributed by atoms with van der Waals surface area (Å²) in [7, 11) is 1.63. The first-order valence-electron chi connectivity index (χ1n) is 4.05. The standard InChI is InChI=1S/C9H11NO3S/c1-13-4-5-14-8-6-7(9(11)12)2-3-10-8/h2-3,6H,4-5H2,1H3,(H,11,12). The number of carboxylic acid groups (broad SMARTS) is 1. The van der Waals surface area contributed by atoms with Crippen LogP contribution in [0.5, 0.6) is 0 Å². The normalized spacial score (nSPS) is 10.1. The molecule has 0 radical (unpaired) electrons. The fraction of sp³-hybridized carbons (Fsp3) is 0.333. The summed E-state index contributed by atoms with van der Waals surface area (Å²) >= 11 is 1.48. The largest absolute Gasteiger partial charge is 0.478 e. The van der Waals surface area contributed by atoms with Gasteiger partial charge in [-0.15, -0.1) is 11.8 Å². The molecule has 1 aromatic rings.